The van der Waals surface area contributed by atoms with E-state index in [0.29, 0.717) is 31.5 Å². The van der Waals surface area contributed by atoms with Crippen LogP contribution >= 0.6 is 35.3 Å². The van der Waals surface area contributed by atoms with Gasteiger partial charge in [-0.15, -0.1) is 34.2 Å². The first-order chi connectivity index (χ1) is 11.8. The summed E-state index contributed by atoms with van der Waals surface area (Å²) in [4.78, 5) is 4.23. The third-order valence-electron chi connectivity index (χ3n) is 4.21. The number of hydrogen-bond acceptors (Lipinski definition) is 6. The number of hydrogen-bond donors (Lipinski definition) is 2. The van der Waals surface area contributed by atoms with Gasteiger partial charge < -0.3 is 10.6 Å². The molecule has 1 saturated heterocycles. The van der Waals surface area contributed by atoms with Crippen LogP contribution in [-0.4, -0.2) is 61.8 Å². The molecule has 0 amide bonds. The molecule has 0 saturated carbocycles. The zero-order valence-corrected chi connectivity index (χ0v) is 19.7. The molecule has 1 aliphatic rings. The molecule has 0 atom stereocenters. The standard InChI is InChI=1S/C15H28N6O2S2.HI/c1-11(2)14-20-19-13(24-14)10-18-15(16-3)17-9-12-5-7-21(8-6-12)25(4,22)23;/h11-12H,5-10H2,1-4H3,(H2,16,17,18);1H. The summed E-state index contributed by atoms with van der Waals surface area (Å²) in [6.07, 6.45) is 3.01. The molecule has 1 aliphatic heterocycles. The Morgan fingerprint density at radius 3 is 2.46 bits per heavy atom. The molecule has 0 unspecified atom stereocenters. The minimum atomic E-state index is -3.06. The zero-order chi connectivity index (χ0) is 18.4. The van der Waals surface area contributed by atoms with Crippen LogP contribution < -0.4 is 10.6 Å². The highest BCUT2D eigenvalue weighted by Gasteiger charge is 2.24. The Kier molecular flexibility index (Phi) is 9.69. The molecule has 0 radical (unpaired) electrons. The minimum absolute atomic E-state index is 0. The number of nitrogens with one attached hydrogen (secondary N) is 2. The lowest BCUT2D eigenvalue weighted by Crippen LogP contribution is -2.43. The van der Waals surface area contributed by atoms with Gasteiger partial charge in [0, 0.05) is 32.6 Å². The Balaban J connectivity index is 0.00000338. The highest BCUT2D eigenvalue weighted by molar-refractivity contribution is 14.0. The van der Waals surface area contributed by atoms with Gasteiger partial charge in [0.2, 0.25) is 10.0 Å². The summed E-state index contributed by atoms with van der Waals surface area (Å²) in [5.41, 5.74) is 0. The van der Waals surface area contributed by atoms with Crippen molar-refractivity contribution in [1.29, 1.82) is 0 Å². The van der Waals surface area contributed by atoms with Crippen molar-refractivity contribution >= 4 is 51.3 Å². The van der Waals surface area contributed by atoms with Crippen LogP contribution in [0, 0.1) is 5.92 Å². The Morgan fingerprint density at radius 1 is 1.31 bits per heavy atom. The van der Waals surface area contributed by atoms with Crippen molar-refractivity contribution in [3.63, 3.8) is 0 Å². The average molecular weight is 516 g/mol. The highest BCUT2D eigenvalue weighted by atomic mass is 127. The summed E-state index contributed by atoms with van der Waals surface area (Å²) in [7, 11) is -1.33. The second-order valence-corrected chi connectivity index (χ2v) is 9.68. The fourth-order valence-corrected chi connectivity index (χ4v) is 4.30. The quantitative estimate of drug-likeness (QED) is 0.339. The van der Waals surface area contributed by atoms with Gasteiger partial charge in [-0.3, -0.25) is 4.99 Å². The van der Waals surface area contributed by atoms with Crippen LogP contribution in [0.15, 0.2) is 4.99 Å². The molecule has 0 spiro atoms. The van der Waals surface area contributed by atoms with E-state index in [9.17, 15) is 8.42 Å². The van der Waals surface area contributed by atoms with Crippen LogP contribution in [0.3, 0.4) is 0 Å². The van der Waals surface area contributed by atoms with Crippen molar-refractivity contribution in [2.24, 2.45) is 10.9 Å². The van der Waals surface area contributed by atoms with Crippen molar-refractivity contribution in [3.05, 3.63) is 10.0 Å². The molecule has 150 valence electrons. The fourth-order valence-electron chi connectivity index (χ4n) is 2.64. The number of nitrogens with zero attached hydrogens (tertiary/aromatic N) is 4. The average Bonchev–Trinajstić information content (AvgIpc) is 3.04. The molecule has 26 heavy (non-hydrogen) atoms. The molecule has 1 aromatic heterocycles. The third kappa shape index (κ3) is 7.24. The van der Waals surface area contributed by atoms with Crippen LogP contribution in [0.25, 0.3) is 0 Å². The van der Waals surface area contributed by atoms with Gasteiger partial charge in [0.25, 0.3) is 0 Å². The molecule has 0 aromatic carbocycles. The summed E-state index contributed by atoms with van der Waals surface area (Å²) < 4.78 is 24.6. The second-order valence-electron chi connectivity index (χ2n) is 6.60. The molecule has 0 bridgehead atoms. The number of piperidine rings is 1. The smallest absolute Gasteiger partial charge is 0.211 e. The van der Waals surface area contributed by atoms with Gasteiger partial charge in [-0.25, -0.2) is 12.7 Å². The summed E-state index contributed by atoms with van der Waals surface area (Å²) in [6, 6.07) is 0. The molecule has 0 aliphatic carbocycles. The van der Waals surface area contributed by atoms with E-state index in [1.165, 1.54) is 6.26 Å². The minimum Gasteiger partial charge on any atom is -0.356 e. The molecule has 8 nitrogen and oxygen atoms in total. The Morgan fingerprint density at radius 2 is 1.96 bits per heavy atom. The van der Waals surface area contributed by atoms with E-state index >= 15 is 0 Å². The largest absolute Gasteiger partial charge is 0.356 e. The van der Waals surface area contributed by atoms with E-state index in [-0.39, 0.29) is 24.0 Å². The molecular formula is C15H29IN6O2S2. The van der Waals surface area contributed by atoms with E-state index in [0.717, 1.165) is 35.4 Å². The molecule has 2 heterocycles. The van der Waals surface area contributed by atoms with E-state index in [4.69, 9.17) is 0 Å². The van der Waals surface area contributed by atoms with Crippen LogP contribution in [0.5, 0.6) is 0 Å². The highest BCUT2D eigenvalue weighted by Crippen LogP contribution is 2.19. The van der Waals surface area contributed by atoms with Crippen molar-refractivity contribution in [2.75, 3.05) is 32.9 Å². The maximum absolute atomic E-state index is 11.5. The van der Waals surface area contributed by atoms with E-state index in [1.54, 1.807) is 22.7 Å². The SMILES string of the molecule is CN=C(NCc1nnc(C(C)C)s1)NCC1CCN(S(C)(=O)=O)CC1.I. The molecule has 1 aromatic rings. The Hall–Kier alpha value is -0.530. The number of sulfonamides is 1. The van der Waals surface area contributed by atoms with Gasteiger partial charge in [-0.05, 0) is 18.8 Å². The van der Waals surface area contributed by atoms with Crippen LogP contribution in [-0.2, 0) is 16.6 Å². The summed E-state index contributed by atoms with van der Waals surface area (Å²) >= 11 is 1.61. The van der Waals surface area contributed by atoms with Crippen molar-refractivity contribution in [2.45, 2.75) is 39.2 Å². The predicted octanol–water partition coefficient (Wildman–Crippen LogP) is 1.62. The first-order valence-electron chi connectivity index (χ1n) is 8.51. The van der Waals surface area contributed by atoms with Crippen LogP contribution in [0.2, 0.25) is 0 Å². The predicted molar refractivity (Wildman–Crippen MR) is 117 cm³/mol. The van der Waals surface area contributed by atoms with Crippen molar-refractivity contribution in [3.8, 4) is 0 Å². The number of halogens is 1. The van der Waals surface area contributed by atoms with Crippen LogP contribution in [0.4, 0.5) is 0 Å². The van der Waals surface area contributed by atoms with E-state index in [1.807, 2.05) is 0 Å². The molecule has 1 fully saturated rings. The lowest BCUT2D eigenvalue weighted by Gasteiger charge is -2.30. The molecule has 2 N–H and O–H groups in total. The third-order valence-corrected chi connectivity index (χ3v) is 6.73. The lowest BCUT2D eigenvalue weighted by molar-refractivity contribution is 0.275. The van der Waals surface area contributed by atoms with E-state index < -0.39 is 10.0 Å². The molecule has 11 heteroatoms. The Bertz CT molecular complexity index is 684. The van der Waals surface area contributed by atoms with Crippen molar-refractivity contribution < 1.29 is 8.42 Å². The van der Waals surface area contributed by atoms with Gasteiger partial charge in [0.1, 0.15) is 10.0 Å². The van der Waals surface area contributed by atoms with Gasteiger partial charge in [0.15, 0.2) is 5.96 Å². The first-order valence-corrected chi connectivity index (χ1v) is 11.2. The fraction of sp³-hybridized carbons (Fsp3) is 0.800. The number of aromatic nitrogens is 2. The van der Waals surface area contributed by atoms with Crippen LogP contribution in [0.1, 0.15) is 42.6 Å². The van der Waals surface area contributed by atoms with Crippen molar-refractivity contribution in [1.82, 2.24) is 25.1 Å². The summed E-state index contributed by atoms with van der Waals surface area (Å²) in [6.45, 7) is 6.78. The summed E-state index contributed by atoms with van der Waals surface area (Å²) in [5, 5.41) is 16.9. The lowest BCUT2D eigenvalue weighted by atomic mass is 9.98. The zero-order valence-electron chi connectivity index (χ0n) is 15.7. The second kappa shape index (κ2) is 10.7. The number of aliphatic imine (C=N–C) groups is 1. The monoisotopic (exact) mass is 516 g/mol. The first kappa shape index (κ1) is 23.5. The van der Waals surface area contributed by atoms with E-state index in [2.05, 4.69) is 39.7 Å². The van der Waals surface area contributed by atoms with Gasteiger partial charge >= 0.3 is 0 Å². The van der Waals surface area contributed by atoms with Gasteiger partial charge in [0.05, 0.1) is 12.8 Å². The summed E-state index contributed by atoms with van der Waals surface area (Å²) in [5.74, 6) is 1.57. The maximum atomic E-state index is 11.5. The number of guanidine groups is 1. The topological polar surface area (TPSA) is 99.6 Å². The maximum Gasteiger partial charge on any atom is 0.211 e. The molecule has 2 rings (SSSR count). The normalized spacial score (nSPS) is 17.2. The number of rotatable bonds is 6. The molecular weight excluding hydrogens is 487 g/mol. The van der Waals surface area contributed by atoms with Gasteiger partial charge in [-0.2, -0.15) is 0 Å². The Labute approximate surface area is 177 Å². The van der Waals surface area contributed by atoms with Gasteiger partial charge in [-0.1, -0.05) is 25.2 Å².